The van der Waals surface area contributed by atoms with Crippen molar-refractivity contribution in [2.45, 2.75) is 75.2 Å². The molecule has 166 valence electrons. The Bertz CT molecular complexity index is 842. The van der Waals surface area contributed by atoms with E-state index >= 15 is 0 Å². The smallest absolute Gasteiger partial charge is 0.406 e. The molecule has 5 rings (SSSR count). The van der Waals surface area contributed by atoms with E-state index in [1.165, 1.54) is 0 Å². The Kier molecular flexibility index (Phi) is 5.44. The van der Waals surface area contributed by atoms with Gasteiger partial charge in [-0.2, -0.15) is 8.78 Å². The molecule has 4 bridgehead atoms. The van der Waals surface area contributed by atoms with E-state index < -0.39 is 43.6 Å². The van der Waals surface area contributed by atoms with Gasteiger partial charge >= 0.3 is 11.2 Å². The second kappa shape index (κ2) is 7.38. The first kappa shape index (κ1) is 21.4. The van der Waals surface area contributed by atoms with Crippen LogP contribution in [0.5, 0.6) is 0 Å². The predicted octanol–water partition coefficient (Wildman–Crippen LogP) is 2.43. The van der Waals surface area contributed by atoms with Gasteiger partial charge in [0.2, 0.25) is 10.3 Å². The second-order valence-electron chi connectivity index (χ2n) is 8.94. The van der Waals surface area contributed by atoms with Crippen molar-refractivity contribution in [1.29, 1.82) is 0 Å². The van der Waals surface area contributed by atoms with Crippen LogP contribution in [0.25, 0.3) is 4.13 Å². The van der Waals surface area contributed by atoms with Crippen LogP contribution >= 0.6 is 0 Å². The lowest BCUT2D eigenvalue weighted by atomic mass is 9.55. The number of halogens is 2. The van der Waals surface area contributed by atoms with Crippen LogP contribution in [-0.4, -0.2) is 40.1 Å². The fourth-order valence-corrected chi connectivity index (χ4v) is 8.18. The van der Waals surface area contributed by atoms with Gasteiger partial charge in [-0.1, -0.05) is 12.8 Å². The Labute approximate surface area is 169 Å². The monoisotopic (exact) mass is 455 g/mol. The summed E-state index contributed by atoms with van der Waals surface area (Å²) in [6, 6.07) is -0.551. The molecule has 0 spiro atoms. The molecule has 5 aliphatic carbocycles. The van der Waals surface area contributed by atoms with E-state index in [1.54, 1.807) is 0 Å². The quantitative estimate of drug-likeness (QED) is 0.629. The van der Waals surface area contributed by atoms with Crippen molar-refractivity contribution in [3.05, 3.63) is 4.13 Å². The van der Waals surface area contributed by atoms with Crippen LogP contribution in [0.2, 0.25) is 0 Å². The third kappa shape index (κ3) is 4.17. The number of rotatable bonds is 7. The average Bonchev–Trinajstić information content (AvgIpc) is 3.09. The highest BCUT2D eigenvalue weighted by atomic mass is 32.3. The number of nitrogens with one attached hydrogen (secondary N) is 1. The SMILES string of the molecule is O=C(NC1CCCC1)C(F)(F)S(=O)(=O)[N-]S(=O)(=O)OC1C2CC3CC(C2)CC1C3. The molecular weight excluding hydrogens is 430 g/mol. The molecule has 0 saturated heterocycles. The van der Waals surface area contributed by atoms with Crippen molar-refractivity contribution in [2.75, 3.05) is 0 Å². The largest absolute Gasteiger partial charge is 0.406 e. The standard InChI is InChI=1S/C17H25F2N2O6S2/c18-17(19,16(22)20-14-3-1-2-4-14)28(23,24)21-29(25,26)27-15-12-6-10-5-11(8-12)9-13(15)7-10/h10-15H,1-9H2,(H,20,22)/q-1. The van der Waals surface area contributed by atoms with E-state index in [1.807, 2.05) is 5.32 Å². The molecule has 1 N–H and O–H groups in total. The third-order valence-corrected chi connectivity index (χ3v) is 9.66. The van der Waals surface area contributed by atoms with Crippen molar-refractivity contribution in [3.8, 4) is 0 Å². The molecule has 1 amide bonds. The van der Waals surface area contributed by atoms with Crippen molar-refractivity contribution in [2.24, 2.45) is 23.7 Å². The number of carbonyl (C=O) groups excluding carboxylic acids is 1. The van der Waals surface area contributed by atoms with Gasteiger partial charge in [-0.15, -0.1) is 0 Å². The molecular formula is C17H25F2N2O6S2-. The summed E-state index contributed by atoms with van der Waals surface area (Å²) in [5.41, 5.74) is 0. The molecule has 29 heavy (non-hydrogen) atoms. The molecule has 0 unspecified atom stereocenters. The minimum atomic E-state index is -5.97. The molecule has 0 aromatic heterocycles. The van der Waals surface area contributed by atoms with Crippen LogP contribution < -0.4 is 5.32 Å². The van der Waals surface area contributed by atoms with Gasteiger partial charge < -0.3 is 9.44 Å². The maximum absolute atomic E-state index is 14.2. The minimum absolute atomic E-state index is 0.0369. The van der Waals surface area contributed by atoms with Gasteiger partial charge in [-0.25, -0.2) is 16.8 Å². The number of sulfonamides is 1. The lowest BCUT2D eigenvalue weighted by molar-refractivity contribution is -0.136. The summed E-state index contributed by atoms with van der Waals surface area (Å²) < 4.78 is 84.3. The van der Waals surface area contributed by atoms with Crippen LogP contribution in [0.15, 0.2) is 0 Å². The van der Waals surface area contributed by atoms with Gasteiger partial charge in [0.1, 0.15) is 0 Å². The summed E-state index contributed by atoms with van der Waals surface area (Å²) in [5, 5.41) is -3.02. The molecule has 0 aliphatic heterocycles. The molecule has 5 aliphatic rings. The van der Waals surface area contributed by atoms with Gasteiger partial charge in [0.15, 0.2) is 10.0 Å². The molecule has 8 nitrogen and oxygen atoms in total. The number of amides is 1. The maximum atomic E-state index is 14.2. The number of hydrogen-bond acceptors (Lipinski definition) is 6. The predicted molar refractivity (Wildman–Crippen MR) is 98.5 cm³/mol. The van der Waals surface area contributed by atoms with Gasteiger partial charge in [0.25, 0.3) is 0 Å². The lowest BCUT2D eigenvalue weighted by Crippen LogP contribution is -2.50. The van der Waals surface area contributed by atoms with E-state index in [0.717, 1.165) is 44.9 Å². The van der Waals surface area contributed by atoms with E-state index in [4.69, 9.17) is 4.18 Å². The summed E-state index contributed by atoms with van der Waals surface area (Å²) in [6.07, 6.45) is 5.95. The zero-order chi connectivity index (χ0) is 21.0. The Morgan fingerprint density at radius 2 is 1.45 bits per heavy atom. The molecule has 0 aromatic carbocycles. The van der Waals surface area contributed by atoms with Crippen molar-refractivity contribution in [3.63, 3.8) is 0 Å². The normalized spacial score (nSPS) is 35.2. The van der Waals surface area contributed by atoms with Crippen LogP contribution in [-0.2, 0) is 29.3 Å². The zero-order valence-electron chi connectivity index (χ0n) is 15.8. The fourth-order valence-electron chi connectivity index (χ4n) is 5.81. The molecule has 5 fully saturated rings. The first-order chi connectivity index (χ1) is 13.5. The number of hydrogen-bond donors (Lipinski definition) is 1. The van der Waals surface area contributed by atoms with Crippen molar-refractivity contribution >= 4 is 26.2 Å². The summed E-state index contributed by atoms with van der Waals surface area (Å²) in [6.45, 7) is 0. The Morgan fingerprint density at radius 3 is 1.97 bits per heavy atom. The molecule has 5 saturated carbocycles. The van der Waals surface area contributed by atoms with Gasteiger partial charge in [-0.3, -0.25) is 8.98 Å². The zero-order valence-corrected chi connectivity index (χ0v) is 17.4. The van der Waals surface area contributed by atoms with Crippen LogP contribution in [0.4, 0.5) is 8.78 Å². The molecule has 0 atom stereocenters. The molecule has 12 heteroatoms. The first-order valence-electron chi connectivity index (χ1n) is 10.1. The summed E-state index contributed by atoms with van der Waals surface area (Å²) >= 11 is 0. The van der Waals surface area contributed by atoms with E-state index in [-0.39, 0.29) is 11.8 Å². The maximum Gasteiger partial charge on any atom is 0.406 e. The number of carbonyl (C=O) groups is 1. The molecule has 0 heterocycles. The van der Waals surface area contributed by atoms with E-state index in [9.17, 15) is 30.4 Å². The van der Waals surface area contributed by atoms with Crippen molar-refractivity contribution < 1.29 is 34.6 Å². The topological polar surface area (TPSA) is 121 Å². The first-order valence-corrected chi connectivity index (χ1v) is 12.9. The lowest BCUT2D eigenvalue weighted by Gasteiger charge is -2.53. The molecule has 0 aromatic rings. The van der Waals surface area contributed by atoms with Gasteiger partial charge in [0, 0.05) is 6.04 Å². The third-order valence-electron chi connectivity index (χ3n) is 6.84. The van der Waals surface area contributed by atoms with Crippen molar-refractivity contribution in [1.82, 2.24) is 5.32 Å². The van der Waals surface area contributed by atoms with Crippen LogP contribution in [0.1, 0.15) is 57.8 Å². The fraction of sp³-hybridized carbons (Fsp3) is 0.941. The summed E-state index contributed by atoms with van der Waals surface area (Å²) in [5.74, 6) is -1.10. The van der Waals surface area contributed by atoms with E-state index in [0.29, 0.717) is 24.7 Å². The Hall–Kier alpha value is -0.850. The minimum Gasteiger partial charge on any atom is -0.406 e. The van der Waals surface area contributed by atoms with E-state index in [2.05, 4.69) is 4.13 Å². The Balaban J connectivity index is 1.43. The Morgan fingerprint density at radius 1 is 0.931 bits per heavy atom. The highest BCUT2D eigenvalue weighted by Gasteiger charge is 2.52. The highest BCUT2D eigenvalue weighted by Crippen LogP contribution is 2.55. The molecule has 0 radical (unpaired) electrons. The van der Waals surface area contributed by atoms with Gasteiger partial charge in [0.05, 0.1) is 6.10 Å². The highest BCUT2D eigenvalue weighted by molar-refractivity contribution is 8.11. The van der Waals surface area contributed by atoms with Crippen LogP contribution in [0, 0.1) is 23.7 Å². The summed E-state index contributed by atoms with van der Waals surface area (Å²) in [4.78, 5) is 11.8. The summed E-state index contributed by atoms with van der Waals surface area (Å²) in [7, 11) is -11.1. The average molecular weight is 456 g/mol. The second-order valence-corrected chi connectivity index (χ2v) is 12.0. The van der Waals surface area contributed by atoms with Crippen LogP contribution in [0.3, 0.4) is 0 Å². The number of nitrogens with zero attached hydrogens (tertiary/aromatic N) is 1. The number of alkyl halides is 2. The van der Waals surface area contributed by atoms with Gasteiger partial charge in [-0.05, 0) is 68.6 Å².